The van der Waals surface area contributed by atoms with Gasteiger partial charge in [-0.1, -0.05) is 30.3 Å². The second-order valence-corrected chi connectivity index (χ2v) is 5.61. The quantitative estimate of drug-likeness (QED) is 0.876. The number of aliphatic hydroxyl groups is 1. The fraction of sp³-hybridized carbons (Fsp3) is 0.375. The number of hydrogen-bond acceptors (Lipinski definition) is 4. The third kappa shape index (κ3) is 2.65. The average molecular weight is 269 g/mol. The van der Waals surface area contributed by atoms with Crippen LogP contribution in [0.25, 0.3) is 0 Å². The zero-order valence-corrected chi connectivity index (χ0v) is 11.6. The van der Waals surface area contributed by atoms with E-state index in [1.165, 1.54) is 0 Å². The molecule has 0 saturated heterocycles. The molecular weight excluding hydrogens is 250 g/mol. The maximum absolute atomic E-state index is 10.6. The van der Waals surface area contributed by atoms with Crippen LogP contribution in [0.1, 0.15) is 30.1 Å². The molecule has 3 rings (SSSR count). The molecule has 1 fully saturated rings. The number of hydrogen-bond donors (Lipinski definition) is 2. The van der Waals surface area contributed by atoms with E-state index in [2.05, 4.69) is 15.3 Å². The van der Waals surface area contributed by atoms with Gasteiger partial charge in [0.15, 0.2) is 0 Å². The summed E-state index contributed by atoms with van der Waals surface area (Å²) in [7, 11) is 0. The highest BCUT2D eigenvalue weighted by molar-refractivity contribution is 5.28. The van der Waals surface area contributed by atoms with E-state index in [1.807, 2.05) is 37.3 Å². The lowest BCUT2D eigenvalue weighted by Gasteiger charge is -2.23. The average Bonchev–Trinajstić information content (AvgIpc) is 3.28. The summed E-state index contributed by atoms with van der Waals surface area (Å²) in [6.07, 6.45) is 5.22. The zero-order valence-electron chi connectivity index (χ0n) is 11.6. The maximum atomic E-state index is 10.6. The number of aryl methyl sites for hydroxylation is 1. The summed E-state index contributed by atoms with van der Waals surface area (Å²) in [6.45, 7) is 2.66. The molecule has 2 aromatic rings. The molecule has 1 aromatic carbocycles. The Morgan fingerprint density at radius 3 is 2.45 bits per heavy atom. The van der Waals surface area contributed by atoms with Crippen molar-refractivity contribution in [3.8, 4) is 0 Å². The molecule has 1 unspecified atom stereocenters. The van der Waals surface area contributed by atoms with Crippen LogP contribution in [0.4, 0.5) is 5.95 Å². The zero-order chi connectivity index (χ0) is 14.0. The van der Waals surface area contributed by atoms with E-state index in [9.17, 15) is 5.11 Å². The molecular formula is C16H19N3O. The second kappa shape index (κ2) is 5.21. The lowest BCUT2D eigenvalue weighted by atomic mass is 9.93. The predicted molar refractivity (Wildman–Crippen MR) is 78.3 cm³/mol. The maximum Gasteiger partial charge on any atom is 0.222 e. The molecule has 0 amide bonds. The van der Waals surface area contributed by atoms with Gasteiger partial charge in [-0.05, 0) is 30.9 Å². The summed E-state index contributed by atoms with van der Waals surface area (Å²) in [5, 5.41) is 13.8. The lowest BCUT2D eigenvalue weighted by molar-refractivity contribution is 0.0999. The lowest BCUT2D eigenvalue weighted by Crippen LogP contribution is -2.23. The Labute approximate surface area is 118 Å². The largest absolute Gasteiger partial charge is 0.388 e. The summed E-state index contributed by atoms with van der Waals surface area (Å²) >= 11 is 0. The van der Waals surface area contributed by atoms with Gasteiger partial charge in [0.2, 0.25) is 5.95 Å². The number of rotatable bonds is 5. The van der Waals surface area contributed by atoms with Crippen molar-refractivity contribution in [1.82, 2.24) is 9.97 Å². The van der Waals surface area contributed by atoms with Crippen LogP contribution in [0.2, 0.25) is 0 Å². The van der Waals surface area contributed by atoms with Crippen molar-refractivity contribution in [2.45, 2.75) is 25.9 Å². The summed E-state index contributed by atoms with van der Waals surface area (Å²) in [6, 6.07) is 9.85. The van der Waals surface area contributed by atoms with Crippen molar-refractivity contribution in [3.63, 3.8) is 0 Å². The standard InChI is InChI=1S/C16H19N3O/c1-12-9-17-15(18-10-12)19-11-16(7-8-16)14(20)13-5-3-2-4-6-13/h2-6,9-10,14,20H,7-8,11H2,1H3,(H,17,18,19). The molecule has 4 heteroatoms. The number of nitrogens with zero attached hydrogens (tertiary/aromatic N) is 2. The third-order valence-electron chi connectivity index (χ3n) is 3.97. The molecule has 1 saturated carbocycles. The molecule has 4 nitrogen and oxygen atoms in total. The van der Waals surface area contributed by atoms with E-state index in [0.29, 0.717) is 12.5 Å². The highest BCUT2D eigenvalue weighted by Gasteiger charge is 2.49. The predicted octanol–water partition coefficient (Wildman–Crippen LogP) is 2.71. The van der Waals surface area contributed by atoms with Crippen LogP contribution in [0, 0.1) is 12.3 Å². The summed E-state index contributed by atoms with van der Waals surface area (Å²) < 4.78 is 0. The van der Waals surface area contributed by atoms with Gasteiger partial charge in [-0.3, -0.25) is 0 Å². The first-order valence-electron chi connectivity index (χ1n) is 6.95. The number of aliphatic hydroxyl groups excluding tert-OH is 1. The molecule has 1 aliphatic rings. The highest BCUT2D eigenvalue weighted by atomic mass is 16.3. The van der Waals surface area contributed by atoms with Gasteiger partial charge in [-0.15, -0.1) is 0 Å². The van der Waals surface area contributed by atoms with E-state index >= 15 is 0 Å². The van der Waals surface area contributed by atoms with Crippen LogP contribution in [-0.4, -0.2) is 21.6 Å². The van der Waals surface area contributed by atoms with Gasteiger partial charge in [0.05, 0.1) is 6.10 Å². The summed E-state index contributed by atoms with van der Waals surface area (Å²) in [4.78, 5) is 8.47. The van der Waals surface area contributed by atoms with Crippen molar-refractivity contribution in [3.05, 3.63) is 53.9 Å². The molecule has 1 heterocycles. The fourth-order valence-corrected chi connectivity index (χ4v) is 2.44. The topological polar surface area (TPSA) is 58.0 Å². The van der Waals surface area contributed by atoms with Crippen LogP contribution in [0.5, 0.6) is 0 Å². The Morgan fingerprint density at radius 2 is 1.85 bits per heavy atom. The Kier molecular flexibility index (Phi) is 3.40. The van der Waals surface area contributed by atoms with Crippen LogP contribution >= 0.6 is 0 Å². The number of benzene rings is 1. The minimum absolute atomic E-state index is 0.0738. The Morgan fingerprint density at radius 1 is 1.20 bits per heavy atom. The molecule has 1 atom stereocenters. The van der Waals surface area contributed by atoms with Crippen LogP contribution < -0.4 is 5.32 Å². The molecule has 0 bridgehead atoms. The van der Waals surface area contributed by atoms with Gasteiger partial charge in [0, 0.05) is 24.4 Å². The van der Waals surface area contributed by atoms with Crippen molar-refractivity contribution >= 4 is 5.95 Å². The number of nitrogens with one attached hydrogen (secondary N) is 1. The van der Waals surface area contributed by atoms with Crippen molar-refractivity contribution in [2.24, 2.45) is 5.41 Å². The monoisotopic (exact) mass is 269 g/mol. The molecule has 1 aromatic heterocycles. The highest BCUT2D eigenvalue weighted by Crippen LogP contribution is 2.54. The molecule has 20 heavy (non-hydrogen) atoms. The number of aromatic nitrogens is 2. The molecule has 2 N–H and O–H groups in total. The molecule has 104 valence electrons. The Bertz CT molecular complexity index is 564. The first-order chi connectivity index (χ1) is 9.70. The second-order valence-electron chi connectivity index (χ2n) is 5.61. The fourth-order valence-electron chi connectivity index (χ4n) is 2.44. The van der Waals surface area contributed by atoms with Gasteiger partial charge >= 0.3 is 0 Å². The van der Waals surface area contributed by atoms with E-state index in [1.54, 1.807) is 12.4 Å². The van der Waals surface area contributed by atoms with Crippen molar-refractivity contribution in [1.29, 1.82) is 0 Å². The molecule has 0 aliphatic heterocycles. The Balaban J connectivity index is 1.66. The van der Waals surface area contributed by atoms with Crippen LogP contribution in [-0.2, 0) is 0 Å². The van der Waals surface area contributed by atoms with Gasteiger partial charge in [-0.25, -0.2) is 9.97 Å². The van der Waals surface area contributed by atoms with E-state index in [-0.39, 0.29) is 5.41 Å². The van der Waals surface area contributed by atoms with Gasteiger partial charge < -0.3 is 10.4 Å². The Hall–Kier alpha value is -1.94. The first kappa shape index (κ1) is 13.1. The number of anilines is 1. The van der Waals surface area contributed by atoms with Crippen molar-refractivity contribution < 1.29 is 5.11 Å². The van der Waals surface area contributed by atoms with E-state index < -0.39 is 6.10 Å². The molecule has 0 spiro atoms. The van der Waals surface area contributed by atoms with E-state index in [4.69, 9.17) is 0 Å². The molecule has 0 radical (unpaired) electrons. The van der Waals surface area contributed by atoms with Gasteiger partial charge in [0.25, 0.3) is 0 Å². The van der Waals surface area contributed by atoms with Crippen molar-refractivity contribution in [2.75, 3.05) is 11.9 Å². The summed E-state index contributed by atoms with van der Waals surface area (Å²) in [5.41, 5.74) is 1.95. The molecule has 1 aliphatic carbocycles. The minimum Gasteiger partial charge on any atom is -0.388 e. The summed E-state index contributed by atoms with van der Waals surface area (Å²) in [5.74, 6) is 0.627. The van der Waals surface area contributed by atoms with Gasteiger partial charge in [-0.2, -0.15) is 0 Å². The third-order valence-corrected chi connectivity index (χ3v) is 3.97. The SMILES string of the molecule is Cc1cnc(NCC2(C(O)c3ccccc3)CC2)nc1. The van der Waals surface area contributed by atoms with Crippen LogP contribution in [0.15, 0.2) is 42.7 Å². The first-order valence-corrected chi connectivity index (χ1v) is 6.95. The van der Waals surface area contributed by atoms with Crippen LogP contribution in [0.3, 0.4) is 0 Å². The van der Waals surface area contributed by atoms with E-state index in [0.717, 1.165) is 24.0 Å². The normalized spacial score (nSPS) is 17.5. The minimum atomic E-state index is -0.429. The van der Waals surface area contributed by atoms with Gasteiger partial charge in [0.1, 0.15) is 0 Å². The smallest absolute Gasteiger partial charge is 0.222 e.